The highest BCUT2D eigenvalue weighted by Crippen LogP contribution is 2.32. The molecule has 2 rings (SSSR count). The van der Waals surface area contributed by atoms with Crippen molar-refractivity contribution in [3.05, 3.63) is 50.5 Å². The molecule has 0 radical (unpaired) electrons. The maximum absolute atomic E-state index is 5.72. The summed E-state index contributed by atoms with van der Waals surface area (Å²) in [6.07, 6.45) is 0. The van der Waals surface area contributed by atoms with Gasteiger partial charge in [-0.1, -0.05) is 27.7 Å². The van der Waals surface area contributed by atoms with Crippen molar-refractivity contribution in [3.8, 4) is 0 Å². The number of halogens is 2. The van der Waals surface area contributed by atoms with Gasteiger partial charge in [0.1, 0.15) is 0 Å². The Kier molecular flexibility index (Phi) is 4.16. The number of hydrogen-bond acceptors (Lipinski definition) is 2. The van der Waals surface area contributed by atoms with E-state index >= 15 is 0 Å². The second-order valence-electron chi connectivity index (χ2n) is 3.25. The lowest BCUT2D eigenvalue weighted by molar-refractivity contribution is 1.37. The van der Waals surface area contributed by atoms with Gasteiger partial charge in [0.15, 0.2) is 0 Å². The van der Waals surface area contributed by atoms with Crippen molar-refractivity contribution >= 4 is 56.0 Å². The van der Waals surface area contributed by atoms with E-state index in [1.54, 1.807) is 11.8 Å². The van der Waals surface area contributed by atoms with Crippen LogP contribution in [0.15, 0.2) is 56.7 Å². The summed E-state index contributed by atoms with van der Waals surface area (Å²) < 4.78 is 2.29. The lowest BCUT2D eigenvalue weighted by atomic mass is 10.3. The summed E-state index contributed by atoms with van der Waals surface area (Å²) in [6, 6.07) is 14.3. The molecule has 16 heavy (non-hydrogen) atoms. The van der Waals surface area contributed by atoms with Gasteiger partial charge in [-0.3, -0.25) is 0 Å². The first-order valence-electron chi connectivity index (χ1n) is 4.63. The minimum atomic E-state index is 0.810. The third-order valence-electron chi connectivity index (χ3n) is 2.00. The number of benzene rings is 2. The van der Waals surface area contributed by atoms with Gasteiger partial charge in [-0.05, 0) is 65.1 Å². The van der Waals surface area contributed by atoms with E-state index in [2.05, 4.69) is 56.7 Å². The van der Waals surface area contributed by atoms with Crippen molar-refractivity contribution in [2.45, 2.75) is 9.79 Å². The van der Waals surface area contributed by atoms with Crippen molar-refractivity contribution in [3.63, 3.8) is 0 Å². The second kappa shape index (κ2) is 5.42. The molecule has 0 aromatic heterocycles. The lowest BCUT2D eigenvalue weighted by Crippen LogP contribution is -1.86. The first kappa shape index (κ1) is 12.3. The van der Waals surface area contributed by atoms with Crippen LogP contribution in [0.5, 0.6) is 0 Å². The molecule has 0 amide bonds. The average molecular weight is 406 g/mol. The Morgan fingerprint density at radius 3 is 2.38 bits per heavy atom. The minimum absolute atomic E-state index is 0.810. The second-order valence-corrected chi connectivity index (χ2v) is 6.44. The summed E-state index contributed by atoms with van der Waals surface area (Å²) in [5.74, 6) is 0. The van der Waals surface area contributed by atoms with Gasteiger partial charge in [0.25, 0.3) is 0 Å². The molecule has 0 bridgehead atoms. The van der Waals surface area contributed by atoms with Gasteiger partial charge in [0, 0.05) is 23.5 Å². The van der Waals surface area contributed by atoms with E-state index in [-0.39, 0.29) is 0 Å². The predicted molar refractivity (Wildman–Crippen MR) is 81.8 cm³/mol. The van der Waals surface area contributed by atoms with Crippen LogP contribution in [-0.4, -0.2) is 0 Å². The molecule has 0 aliphatic rings. The van der Waals surface area contributed by atoms with E-state index in [1.165, 1.54) is 13.4 Å². The quantitative estimate of drug-likeness (QED) is 0.574. The topological polar surface area (TPSA) is 26.0 Å². The Bertz CT molecular complexity index is 499. The summed E-state index contributed by atoms with van der Waals surface area (Å²) in [7, 11) is 0. The fourth-order valence-electron chi connectivity index (χ4n) is 1.23. The number of nitrogen functional groups attached to an aromatic ring is 1. The smallest absolute Gasteiger partial charge is 0.0325 e. The molecule has 2 aromatic rings. The van der Waals surface area contributed by atoms with Crippen molar-refractivity contribution in [2.24, 2.45) is 0 Å². The summed E-state index contributed by atoms with van der Waals surface area (Å²) in [5.41, 5.74) is 6.53. The molecule has 0 spiro atoms. The van der Waals surface area contributed by atoms with Crippen LogP contribution in [0, 0.1) is 3.57 Å². The molecule has 2 N–H and O–H groups in total. The lowest BCUT2D eigenvalue weighted by Gasteiger charge is -2.05. The molecule has 0 atom stereocenters. The minimum Gasteiger partial charge on any atom is -0.399 e. The van der Waals surface area contributed by atoms with Crippen LogP contribution < -0.4 is 5.73 Å². The molecule has 0 heterocycles. The zero-order valence-electron chi connectivity index (χ0n) is 8.28. The van der Waals surface area contributed by atoms with Crippen molar-refractivity contribution < 1.29 is 0 Å². The molecule has 1 nitrogen and oxygen atoms in total. The zero-order chi connectivity index (χ0) is 11.5. The van der Waals surface area contributed by atoms with Crippen molar-refractivity contribution in [2.75, 3.05) is 5.73 Å². The van der Waals surface area contributed by atoms with Crippen LogP contribution in [0.2, 0.25) is 0 Å². The Hall–Kier alpha value is -0.200. The molecule has 2 aromatic carbocycles. The third-order valence-corrected chi connectivity index (χ3v) is 4.87. The van der Waals surface area contributed by atoms with E-state index < -0.39 is 0 Å². The Labute approximate surface area is 121 Å². The summed E-state index contributed by atoms with van der Waals surface area (Å²) in [4.78, 5) is 2.46. The summed E-state index contributed by atoms with van der Waals surface area (Å²) >= 11 is 7.48. The normalized spacial score (nSPS) is 10.4. The van der Waals surface area contributed by atoms with Crippen LogP contribution in [-0.2, 0) is 0 Å². The maximum atomic E-state index is 5.72. The third kappa shape index (κ3) is 3.15. The van der Waals surface area contributed by atoms with Crippen LogP contribution in [0.3, 0.4) is 0 Å². The number of hydrogen-bond donors (Lipinski definition) is 1. The highest BCUT2D eigenvalue weighted by Gasteiger charge is 2.02. The van der Waals surface area contributed by atoms with Crippen LogP contribution >= 0.6 is 50.3 Å². The predicted octanol–water partition coefficient (Wildman–Crippen LogP) is 4.79. The number of nitrogens with two attached hydrogens (primary N) is 1. The van der Waals surface area contributed by atoms with E-state index in [1.807, 2.05) is 24.3 Å². The molecule has 0 aliphatic carbocycles. The van der Waals surface area contributed by atoms with Crippen molar-refractivity contribution in [1.82, 2.24) is 0 Å². The first-order valence-corrected chi connectivity index (χ1v) is 7.32. The number of anilines is 1. The zero-order valence-corrected chi connectivity index (χ0v) is 12.8. The van der Waals surface area contributed by atoms with Gasteiger partial charge in [-0.2, -0.15) is 0 Å². The molecule has 0 saturated heterocycles. The number of rotatable bonds is 2. The molecule has 4 heteroatoms. The largest absolute Gasteiger partial charge is 0.399 e. The standard InChI is InChI=1S/C12H9BrINS/c13-8-1-4-10(5-2-8)16-12-6-3-9(15)7-11(12)14/h1-7H,15H2. The van der Waals surface area contributed by atoms with E-state index in [4.69, 9.17) is 5.73 Å². The summed E-state index contributed by atoms with van der Waals surface area (Å²) in [5, 5.41) is 0. The van der Waals surface area contributed by atoms with Gasteiger partial charge in [0.05, 0.1) is 0 Å². The molecular weight excluding hydrogens is 397 g/mol. The van der Waals surface area contributed by atoms with Crippen LogP contribution in [0.25, 0.3) is 0 Å². The Balaban J connectivity index is 2.23. The van der Waals surface area contributed by atoms with Gasteiger partial charge in [-0.25, -0.2) is 0 Å². The molecular formula is C12H9BrINS. The van der Waals surface area contributed by atoms with Crippen molar-refractivity contribution in [1.29, 1.82) is 0 Å². The van der Waals surface area contributed by atoms with E-state index in [0.717, 1.165) is 10.2 Å². The van der Waals surface area contributed by atoms with Gasteiger partial charge in [0.2, 0.25) is 0 Å². The maximum Gasteiger partial charge on any atom is 0.0325 e. The van der Waals surface area contributed by atoms with Crippen LogP contribution in [0.4, 0.5) is 5.69 Å². The molecule has 0 aliphatic heterocycles. The highest BCUT2D eigenvalue weighted by atomic mass is 127. The molecule has 82 valence electrons. The fourth-order valence-corrected chi connectivity index (χ4v) is 3.18. The Morgan fingerprint density at radius 2 is 1.75 bits per heavy atom. The fraction of sp³-hybridized carbons (Fsp3) is 0. The molecule has 0 fully saturated rings. The highest BCUT2D eigenvalue weighted by molar-refractivity contribution is 14.1. The van der Waals surface area contributed by atoms with E-state index in [0.29, 0.717) is 0 Å². The Morgan fingerprint density at radius 1 is 1.06 bits per heavy atom. The SMILES string of the molecule is Nc1ccc(Sc2ccc(Br)cc2)c(I)c1. The average Bonchev–Trinajstić information content (AvgIpc) is 2.25. The van der Waals surface area contributed by atoms with Gasteiger partial charge < -0.3 is 5.73 Å². The molecule has 0 saturated carbocycles. The molecule has 0 unspecified atom stereocenters. The van der Waals surface area contributed by atoms with Gasteiger partial charge in [-0.15, -0.1) is 0 Å². The monoisotopic (exact) mass is 405 g/mol. The first-order chi connectivity index (χ1) is 7.65. The van der Waals surface area contributed by atoms with E-state index in [9.17, 15) is 0 Å². The van der Waals surface area contributed by atoms with Gasteiger partial charge >= 0.3 is 0 Å². The van der Waals surface area contributed by atoms with Crippen LogP contribution in [0.1, 0.15) is 0 Å². The summed E-state index contributed by atoms with van der Waals surface area (Å²) in [6.45, 7) is 0.